The highest BCUT2D eigenvalue weighted by Crippen LogP contribution is 2.22. The summed E-state index contributed by atoms with van der Waals surface area (Å²) in [5.74, 6) is -0.574. The number of nitrogens with one attached hydrogen (secondary N) is 1. The lowest BCUT2D eigenvalue weighted by molar-refractivity contribution is -0.385. The van der Waals surface area contributed by atoms with E-state index in [0.717, 1.165) is 5.56 Å². The summed E-state index contributed by atoms with van der Waals surface area (Å²) in [5, 5.41) is 22.7. The molecule has 0 aliphatic heterocycles. The van der Waals surface area contributed by atoms with E-state index in [4.69, 9.17) is 5.26 Å². The van der Waals surface area contributed by atoms with Gasteiger partial charge in [-0.3, -0.25) is 10.1 Å². The number of anilines is 1. The summed E-state index contributed by atoms with van der Waals surface area (Å²) in [6.45, 7) is 2.03. The van der Waals surface area contributed by atoms with Crippen LogP contribution in [0.2, 0.25) is 0 Å². The molecule has 0 aliphatic carbocycles. The van der Waals surface area contributed by atoms with E-state index in [1.165, 1.54) is 24.3 Å². The van der Waals surface area contributed by atoms with Crippen LogP contribution < -0.4 is 5.32 Å². The molecule has 0 saturated heterocycles. The molecule has 0 fully saturated rings. The number of benzene rings is 2. The van der Waals surface area contributed by atoms with Crippen LogP contribution in [0.1, 0.15) is 16.7 Å². The Morgan fingerprint density at radius 2 is 2.14 bits per heavy atom. The molecule has 0 heterocycles. The number of nitriles is 1. The first kappa shape index (κ1) is 14.5. The highest BCUT2D eigenvalue weighted by molar-refractivity contribution is 5.51. The van der Waals surface area contributed by atoms with E-state index in [9.17, 15) is 14.5 Å². The van der Waals surface area contributed by atoms with Gasteiger partial charge in [0.15, 0.2) is 0 Å². The molecule has 0 spiro atoms. The van der Waals surface area contributed by atoms with Crippen LogP contribution in [0.15, 0.2) is 36.4 Å². The van der Waals surface area contributed by atoms with Crippen LogP contribution in [-0.4, -0.2) is 4.92 Å². The standard InChI is InChI=1S/C15H12FN3O2/c1-10-11(3-2-4-15(10)19(20)21)9-18-13-5-6-14(16)12(7-13)8-17/h2-7,18H,9H2,1H3. The quantitative estimate of drug-likeness (QED) is 0.688. The number of rotatable bonds is 4. The Hall–Kier alpha value is -2.94. The summed E-state index contributed by atoms with van der Waals surface area (Å²) in [6, 6.07) is 10.7. The van der Waals surface area contributed by atoms with Crippen LogP contribution in [0.3, 0.4) is 0 Å². The topological polar surface area (TPSA) is 79.0 Å². The van der Waals surface area contributed by atoms with Crippen LogP contribution in [0.4, 0.5) is 15.8 Å². The van der Waals surface area contributed by atoms with Crippen molar-refractivity contribution in [3.63, 3.8) is 0 Å². The molecule has 0 aromatic heterocycles. The third-order valence-electron chi connectivity index (χ3n) is 3.18. The maximum absolute atomic E-state index is 13.2. The van der Waals surface area contributed by atoms with Crippen molar-refractivity contribution in [3.05, 3.63) is 69.0 Å². The highest BCUT2D eigenvalue weighted by atomic mass is 19.1. The second-order valence-electron chi connectivity index (χ2n) is 4.48. The summed E-state index contributed by atoms with van der Waals surface area (Å²) in [5.41, 5.74) is 1.95. The van der Waals surface area contributed by atoms with E-state index in [2.05, 4.69) is 5.32 Å². The first-order chi connectivity index (χ1) is 10.0. The molecule has 0 aliphatic rings. The smallest absolute Gasteiger partial charge is 0.272 e. The van der Waals surface area contributed by atoms with E-state index < -0.39 is 10.7 Å². The molecule has 0 unspecified atom stereocenters. The molecule has 0 atom stereocenters. The van der Waals surface area contributed by atoms with Crippen molar-refractivity contribution >= 4 is 11.4 Å². The molecule has 0 radical (unpaired) electrons. The molecule has 21 heavy (non-hydrogen) atoms. The first-order valence-corrected chi connectivity index (χ1v) is 6.19. The van der Waals surface area contributed by atoms with Crippen molar-refractivity contribution < 1.29 is 9.31 Å². The lowest BCUT2D eigenvalue weighted by Crippen LogP contribution is -2.03. The molecular formula is C15H12FN3O2. The number of hydrogen-bond acceptors (Lipinski definition) is 4. The van der Waals surface area contributed by atoms with Gasteiger partial charge in [0.1, 0.15) is 11.9 Å². The van der Waals surface area contributed by atoms with Gasteiger partial charge in [0.2, 0.25) is 0 Å². The van der Waals surface area contributed by atoms with Gasteiger partial charge in [-0.1, -0.05) is 12.1 Å². The molecule has 0 saturated carbocycles. The van der Waals surface area contributed by atoms with Gasteiger partial charge >= 0.3 is 0 Å². The average Bonchev–Trinajstić information content (AvgIpc) is 2.47. The fraction of sp³-hybridized carbons (Fsp3) is 0.133. The lowest BCUT2D eigenvalue weighted by Gasteiger charge is -2.09. The minimum atomic E-state index is -0.574. The zero-order chi connectivity index (χ0) is 15.4. The fourth-order valence-corrected chi connectivity index (χ4v) is 1.98. The van der Waals surface area contributed by atoms with Gasteiger partial charge < -0.3 is 5.32 Å². The number of nitro groups is 1. The normalized spacial score (nSPS) is 9.95. The molecular weight excluding hydrogens is 273 g/mol. The monoisotopic (exact) mass is 285 g/mol. The van der Waals surface area contributed by atoms with E-state index in [1.807, 2.05) is 0 Å². The van der Waals surface area contributed by atoms with Gasteiger partial charge in [-0.2, -0.15) is 5.26 Å². The molecule has 106 valence electrons. The predicted molar refractivity (Wildman–Crippen MR) is 76.3 cm³/mol. The van der Waals surface area contributed by atoms with E-state index in [0.29, 0.717) is 17.8 Å². The minimum Gasteiger partial charge on any atom is -0.381 e. The molecule has 5 nitrogen and oxygen atoms in total. The molecule has 1 N–H and O–H groups in total. The second-order valence-corrected chi connectivity index (χ2v) is 4.48. The van der Waals surface area contributed by atoms with E-state index >= 15 is 0 Å². The Morgan fingerprint density at radius 3 is 2.81 bits per heavy atom. The van der Waals surface area contributed by atoms with Crippen LogP contribution in [-0.2, 0) is 6.54 Å². The number of nitrogens with zero attached hydrogens (tertiary/aromatic N) is 2. The summed E-state index contributed by atoms with van der Waals surface area (Å²) < 4.78 is 13.2. The van der Waals surface area contributed by atoms with Crippen molar-refractivity contribution in [1.82, 2.24) is 0 Å². The van der Waals surface area contributed by atoms with Gasteiger partial charge in [0.25, 0.3) is 5.69 Å². The highest BCUT2D eigenvalue weighted by Gasteiger charge is 2.12. The molecule has 0 amide bonds. The van der Waals surface area contributed by atoms with E-state index in [1.54, 1.807) is 25.1 Å². The van der Waals surface area contributed by atoms with Gasteiger partial charge in [-0.05, 0) is 30.7 Å². The zero-order valence-electron chi connectivity index (χ0n) is 11.3. The Balaban J connectivity index is 2.19. The van der Waals surface area contributed by atoms with Crippen molar-refractivity contribution in [2.45, 2.75) is 13.5 Å². The Labute approximate surface area is 120 Å². The van der Waals surface area contributed by atoms with Crippen molar-refractivity contribution in [2.24, 2.45) is 0 Å². The third kappa shape index (κ3) is 3.15. The minimum absolute atomic E-state index is 0.0456. The van der Waals surface area contributed by atoms with Crippen LogP contribution in [0, 0.1) is 34.2 Å². The van der Waals surface area contributed by atoms with Gasteiger partial charge in [-0.15, -0.1) is 0 Å². The maximum atomic E-state index is 13.2. The summed E-state index contributed by atoms with van der Waals surface area (Å²) in [6.07, 6.45) is 0. The molecule has 6 heteroatoms. The summed E-state index contributed by atoms with van der Waals surface area (Å²) in [4.78, 5) is 10.5. The fourth-order valence-electron chi connectivity index (χ4n) is 1.98. The SMILES string of the molecule is Cc1c(CNc2ccc(F)c(C#N)c2)cccc1[N+](=O)[O-]. The van der Waals surface area contributed by atoms with E-state index in [-0.39, 0.29) is 11.3 Å². The summed E-state index contributed by atoms with van der Waals surface area (Å²) >= 11 is 0. The molecule has 2 rings (SSSR count). The van der Waals surface area contributed by atoms with Crippen molar-refractivity contribution in [2.75, 3.05) is 5.32 Å². The van der Waals surface area contributed by atoms with Crippen LogP contribution in [0.5, 0.6) is 0 Å². The molecule has 0 bridgehead atoms. The number of nitro benzene ring substituents is 1. The largest absolute Gasteiger partial charge is 0.381 e. The summed E-state index contributed by atoms with van der Waals surface area (Å²) in [7, 11) is 0. The second kappa shape index (κ2) is 6.01. The molecule has 2 aromatic rings. The Morgan fingerprint density at radius 1 is 1.38 bits per heavy atom. The van der Waals surface area contributed by atoms with Crippen molar-refractivity contribution in [1.29, 1.82) is 5.26 Å². The van der Waals surface area contributed by atoms with Gasteiger partial charge in [-0.25, -0.2) is 4.39 Å². The number of halogens is 1. The van der Waals surface area contributed by atoms with Crippen LogP contribution >= 0.6 is 0 Å². The van der Waals surface area contributed by atoms with Gasteiger partial charge in [0.05, 0.1) is 10.5 Å². The average molecular weight is 285 g/mol. The maximum Gasteiger partial charge on any atom is 0.272 e. The zero-order valence-corrected chi connectivity index (χ0v) is 11.3. The van der Waals surface area contributed by atoms with Crippen LogP contribution in [0.25, 0.3) is 0 Å². The Bertz CT molecular complexity index is 738. The van der Waals surface area contributed by atoms with Gasteiger partial charge in [0, 0.05) is 23.9 Å². The Kier molecular flexibility index (Phi) is 4.14. The van der Waals surface area contributed by atoms with Crippen molar-refractivity contribution in [3.8, 4) is 6.07 Å². The molecule has 2 aromatic carbocycles. The lowest BCUT2D eigenvalue weighted by atomic mass is 10.1. The third-order valence-corrected chi connectivity index (χ3v) is 3.18. The number of hydrogen-bond donors (Lipinski definition) is 1. The predicted octanol–water partition coefficient (Wildman–Crippen LogP) is 3.53. The first-order valence-electron chi connectivity index (χ1n) is 6.19.